The van der Waals surface area contributed by atoms with Crippen LogP contribution in [-0.4, -0.2) is 16.7 Å². The van der Waals surface area contributed by atoms with Gasteiger partial charge in [0.25, 0.3) is 5.89 Å². The molecule has 0 spiro atoms. The fraction of sp³-hybridized carbons (Fsp3) is 0.455. The minimum atomic E-state index is 0.437. The number of nitrogens with two attached hydrogens (primary N) is 1. The van der Waals surface area contributed by atoms with E-state index in [0.717, 1.165) is 18.6 Å². The van der Waals surface area contributed by atoms with E-state index >= 15 is 0 Å². The summed E-state index contributed by atoms with van der Waals surface area (Å²) in [6, 6.07) is 3.76. The van der Waals surface area contributed by atoms with Crippen LogP contribution in [0.15, 0.2) is 21.0 Å². The molecule has 0 amide bonds. The van der Waals surface area contributed by atoms with Gasteiger partial charge in [0.05, 0.1) is 0 Å². The average molecular weight is 221 g/mol. The van der Waals surface area contributed by atoms with E-state index in [-0.39, 0.29) is 0 Å². The summed E-state index contributed by atoms with van der Waals surface area (Å²) in [4.78, 5) is 0. The molecule has 0 aliphatic carbocycles. The summed E-state index contributed by atoms with van der Waals surface area (Å²) in [5.74, 6) is 2.58. The lowest BCUT2D eigenvalue weighted by molar-refractivity contribution is 0.464. The number of rotatable bonds is 5. The first-order chi connectivity index (χ1) is 7.83. The topological polar surface area (TPSA) is 78.1 Å². The van der Waals surface area contributed by atoms with Gasteiger partial charge in [-0.2, -0.15) is 0 Å². The normalized spacial score (nSPS) is 10.9. The third-order valence-corrected chi connectivity index (χ3v) is 2.28. The fourth-order valence-corrected chi connectivity index (χ4v) is 1.39. The SMILES string of the molecule is CCc1ccc(-c2nnc(CCCN)o2)o1. The van der Waals surface area contributed by atoms with Crippen LogP contribution in [0.5, 0.6) is 0 Å². The molecule has 2 N–H and O–H groups in total. The van der Waals surface area contributed by atoms with Gasteiger partial charge in [-0.15, -0.1) is 10.2 Å². The van der Waals surface area contributed by atoms with Crippen molar-refractivity contribution in [3.05, 3.63) is 23.8 Å². The molecular formula is C11H15N3O2. The highest BCUT2D eigenvalue weighted by atomic mass is 16.4. The molecule has 0 aromatic carbocycles. The molecule has 0 aliphatic rings. The Balaban J connectivity index is 2.11. The molecule has 2 aromatic heterocycles. The van der Waals surface area contributed by atoms with E-state index in [1.807, 2.05) is 19.1 Å². The Hall–Kier alpha value is -1.62. The molecule has 0 atom stereocenters. The van der Waals surface area contributed by atoms with Crippen LogP contribution in [0.1, 0.15) is 25.0 Å². The summed E-state index contributed by atoms with van der Waals surface area (Å²) in [7, 11) is 0. The fourth-order valence-electron chi connectivity index (χ4n) is 1.39. The summed E-state index contributed by atoms with van der Waals surface area (Å²) < 4.78 is 11.0. The molecule has 0 bridgehead atoms. The molecule has 2 aromatic rings. The molecule has 2 rings (SSSR count). The van der Waals surface area contributed by atoms with Crippen molar-refractivity contribution in [2.24, 2.45) is 5.73 Å². The summed E-state index contributed by atoms with van der Waals surface area (Å²) in [5.41, 5.74) is 5.41. The lowest BCUT2D eigenvalue weighted by Gasteiger charge is -1.90. The molecular weight excluding hydrogens is 206 g/mol. The number of hydrogen-bond donors (Lipinski definition) is 1. The van der Waals surface area contributed by atoms with Crippen molar-refractivity contribution in [1.82, 2.24) is 10.2 Å². The molecule has 0 saturated heterocycles. The molecule has 2 heterocycles. The van der Waals surface area contributed by atoms with Crippen LogP contribution in [0, 0.1) is 0 Å². The second-order valence-corrected chi connectivity index (χ2v) is 3.51. The van der Waals surface area contributed by atoms with Crippen LogP contribution >= 0.6 is 0 Å². The van der Waals surface area contributed by atoms with Gasteiger partial charge in [0.15, 0.2) is 5.76 Å². The Bertz CT molecular complexity index is 448. The third-order valence-electron chi connectivity index (χ3n) is 2.28. The second-order valence-electron chi connectivity index (χ2n) is 3.51. The predicted octanol–water partition coefficient (Wildman–Crippen LogP) is 1.78. The van der Waals surface area contributed by atoms with Crippen molar-refractivity contribution in [2.75, 3.05) is 6.54 Å². The predicted molar refractivity (Wildman–Crippen MR) is 58.8 cm³/mol. The van der Waals surface area contributed by atoms with Gasteiger partial charge < -0.3 is 14.6 Å². The zero-order chi connectivity index (χ0) is 11.4. The first kappa shape index (κ1) is 10.9. The highest BCUT2D eigenvalue weighted by Crippen LogP contribution is 2.21. The van der Waals surface area contributed by atoms with Crippen LogP contribution in [0.4, 0.5) is 0 Å². The van der Waals surface area contributed by atoms with E-state index in [9.17, 15) is 0 Å². The monoisotopic (exact) mass is 221 g/mol. The highest BCUT2D eigenvalue weighted by molar-refractivity contribution is 5.43. The maximum absolute atomic E-state index is 5.52. The summed E-state index contributed by atoms with van der Waals surface area (Å²) in [6.07, 6.45) is 2.42. The van der Waals surface area contributed by atoms with Crippen molar-refractivity contribution < 1.29 is 8.83 Å². The zero-order valence-corrected chi connectivity index (χ0v) is 9.27. The Morgan fingerprint density at radius 3 is 2.81 bits per heavy atom. The number of aromatic nitrogens is 2. The van der Waals surface area contributed by atoms with Gasteiger partial charge in [-0.3, -0.25) is 0 Å². The molecule has 0 radical (unpaired) electrons. The van der Waals surface area contributed by atoms with Gasteiger partial charge in [0.2, 0.25) is 5.89 Å². The molecule has 16 heavy (non-hydrogen) atoms. The van der Waals surface area contributed by atoms with Gasteiger partial charge in [0.1, 0.15) is 5.76 Å². The first-order valence-electron chi connectivity index (χ1n) is 5.45. The Kier molecular flexibility index (Phi) is 3.36. The molecule has 86 valence electrons. The van der Waals surface area contributed by atoms with Crippen LogP contribution < -0.4 is 5.73 Å². The smallest absolute Gasteiger partial charge is 0.283 e. The van der Waals surface area contributed by atoms with Crippen LogP contribution in [0.25, 0.3) is 11.7 Å². The van der Waals surface area contributed by atoms with E-state index in [2.05, 4.69) is 10.2 Å². The highest BCUT2D eigenvalue weighted by Gasteiger charge is 2.11. The maximum Gasteiger partial charge on any atom is 0.283 e. The van der Waals surface area contributed by atoms with Gasteiger partial charge in [-0.1, -0.05) is 6.92 Å². The first-order valence-corrected chi connectivity index (χ1v) is 5.45. The van der Waals surface area contributed by atoms with Crippen molar-refractivity contribution >= 4 is 0 Å². The summed E-state index contributed by atoms with van der Waals surface area (Å²) in [5, 5.41) is 7.87. The second kappa shape index (κ2) is 4.94. The van der Waals surface area contributed by atoms with Gasteiger partial charge >= 0.3 is 0 Å². The molecule has 0 unspecified atom stereocenters. The van der Waals surface area contributed by atoms with E-state index in [1.165, 1.54) is 0 Å². The Morgan fingerprint density at radius 1 is 1.25 bits per heavy atom. The van der Waals surface area contributed by atoms with Crippen LogP contribution in [-0.2, 0) is 12.8 Å². The number of hydrogen-bond acceptors (Lipinski definition) is 5. The van der Waals surface area contributed by atoms with E-state index in [1.54, 1.807) is 0 Å². The minimum absolute atomic E-state index is 0.437. The van der Waals surface area contributed by atoms with E-state index < -0.39 is 0 Å². The van der Waals surface area contributed by atoms with Gasteiger partial charge in [-0.25, -0.2) is 0 Å². The van der Waals surface area contributed by atoms with Crippen molar-refractivity contribution in [3.63, 3.8) is 0 Å². The van der Waals surface area contributed by atoms with Crippen LogP contribution in [0.2, 0.25) is 0 Å². The quantitative estimate of drug-likeness (QED) is 0.832. The standard InChI is InChI=1S/C11H15N3O2/c1-2-8-5-6-9(15-8)11-14-13-10(16-11)4-3-7-12/h5-6H,2-4,7,12H2,1H3. The molecule has 5 heteroatoms. The number of furan rings is 1. The molecule has 0 saturated carbocycles. The number of nitrogens with zero attached hydrogens (tertiary/aromatic N) is 2. The summed E-state index contributed by atoms with van der Waals surface area (Å²) in [6.45, 7) is 2.65. The van der Waals surface area contributed by atoms with Crippen molar-refractivity contribution in [2.45, 2.75) is 26.2 Å². The van der Waals surface area contributed by atoms with E-state index in [0.29, 0.717) is 30.5 Å². The van der Waals surface area contributed by atoms with Gasteiger partial charge in [-0.05, 0) is 25.1 Å². The van der Waals surface area contributed by atoms with Crippen LogP contribution in [0.3, 0.4) is 0 Å². The molecule has 0 aliphatic heterocycles. The van der Waals surface area contributed by atoms with Gasteiger partial charge in [0, 0.05) is 12.8 Å². The minimum Gasteiger partial charge on any atom is -0.456 e. The number of aryl methyl sites for hydroxylation is 2. The third kappa shape index (κ3) is 2.30. The average Bonchev–Trinajstić information content (AvgIpc) is 2.94. The Morgan fingerprint density at radius 2 is 2.12 bits per heavy atom. The zero-order valence-electron chi connectivity index (χ0n) is 9.27. The maximum atomic E-state index is 5.52. The van der Waals surface area contributed by atoms with Crippen molar-refractivity contribution in [1.29, 1.82) is 0 Å². The Labute approximate surface area is 93.6 Å². The molecule has 0 fully saturated rings. The molecule has 5 nitrogen and oxygen atoms in total. The largest absolute Gasteiger partial charge is 0.456 e. The van der Waals surface area contributed by atoms with Crippen molar-refractivity contribution in [3.8, 4) is 11.7 Å². The summed E-state index contributed by atoms with van der Waals surface area (Å²) >= 11 is 0. The lowest BCUT2D eigenvalue weighted by atomic mass is 10.3. The van der Waals surface area contributed by atoms with E-state index in [4.69, 9.17) is 14.6 Å². The lowest BCUT2D eigenvalue weighted by Crippen LogP contribution is -2.00.